The van der Waals surface area contributed by atoms with Gasteiger partial charge in [0.25, 0.3) is 5.91 Å². The maximum Gasteiger partial charge on any atom is 0.256 e. The molecule has 0 unspecified atom stereocenters. The summed E-state index contributed by atoms with van der Waals surface area (Å²) >= 11 is 1.99. The van der Waals surface area contributed by atoms with Crippen LogP contribution in [0.5, 0.6) is 0 Å². The molecule has 1 amide bonds. The number of nitrogens with zero attached hydrogens (tertiary/aromatic N) is 3. The first-order valence-electron chi connectivity index (χ1n) is 9.38. The quantitative estimate of drug-likeness (QED) is 0.359. The minimum absolute atomic E-state index is 0.0804. The van der Waals surface area contributed by atoms with Crippen molar-refractivity contribution in [2.24, 2.45) is 0 Å². The lowest BCUT2D eigenvalue weighted by molar-refractivity contribution is -0.0707. The minimum atomic E-state index is -1.14. The van der Waals surface area contributed by atoms with E-state index in [-0.39, 0.29) is 48.0 Å². The molecule has 2 aromatic carbocycles. The van der Waals surface area contributed by atoms with Crippen LogP contribution in [0.25, 0.3) is 0 Å². The van der Waals surface area contributed by atoms with Crippen molar-refractivity contribution in [3.05, 3.63) is 63.0 Å². The van der Waals surface area contributed by atoms with Crippen LogP contribution in [0.2, 0.25) is 0 Å². The monoisotopic (exact) mass is 540 g/mol. The molecular weight excluding hydrogens is 521 g/mol. The van der Waals surface area contributed by atoms with Crippen molar-refractivity contribution in [2.45, 2.75) is 12.5 Å². The predicted octanol–water partition coefficient (Wildman–Crippen LogP) is 3.04. The van der Waals surface area contributed by atoms with Crippen molar-refractivity contribution in [3.63, 3.8) is 0 Å². The molecule has 0 spiro atoms. The van der Waals surface area contributed by atoms with Crippen LogP contribution in [-0.2, 0) is 0 Å². The number of carbonyl (C=O) groups excluding carboxylic acids is 1. The molecule has 2 heterocycles. The van der Waals surface area contributed by atoms with Crippen LogP contribution in [0.3, 0.4) is 0 Å². The molecule has 0 bridgehead atoms. The van der Waals surface area contributed by atoms with Gasteiger partial charge in [-0.2, -0.15) is 0 Å². The Kier molecular flexibility index (Phi) is 5.79. The summed E-state index contributed by atoms with van der Waals surface area (Å²) in [5.41, 5.74) is -0.411. The van der Waals surface area contributed by atoms with Gasteiger partial charge in [-0.3, -0.25) is 9.89 Å². The van der Waals surface area contributed by atoms with E-state index in [1.54, 1.807) is 6.07 Å². The number of anilines is 3. The number of nitrogens with one attached hydrogen (secondary N) is 3. The van der Waals surface area contributed by atoms with E-state index >= 15 is 0 Å². The van der Waals surface area contributed by atoms with E-state index in [0.29, 0.717) is 9.52 Å². The van der Waals surface area contributed by atoms with Crippen molar-refractivity contribution >= 4 is 45.8 Å². The fourth-order valence-electron chi connectivity index (χ4n) is 3.38. The molecule has 1 saturated heterocycles. The Hall–Kier alpha value is -2.80. The molecule has 162 valence electrons. The summed E-state index contributed by atoms with van der Waals surface area (Å²) < 4.78 is 29.3. The number of carbonyl (C=O) groups is 1. The Labute approximate surface area is 190 Å². The lowest BCUT2D eigenvalue weighted by Crippen LogP contribution is -2.66. The van der Waals surface area contributed by atoms with Gasteiger partial charge in [0.2, 0.25) is 5.95 Å². The summed E-state index contributed by atoms with van der Waals surface area (Å²) in [6.45, 7) is 1.84. The largest absolute Gasteiger partial charge is 0.384 e. The molecule has 11 heteroatoms. The zero-order chi connectivity index (χ0) is 22.2. The molecule has 3 aromatic rings. The number of amides is 1. The van der Waals surface area contributed by atoms with Gasteiger partial charge in [-0.1, -0.05) is 0 Å². The van der Waals surface area contributed by atoms with Crippen molar-refractivity contribution in [1.82, 2.24) is 20.1 Å². The molecule has 0 saturated carbocycles. The topological polar surface area (TPSA) is 106 Å². The van der Waals surface area contributed by atoms with E-state index < -0.39 is 17.2 Å². The summed E-state index contributed by atoms with van der Waals surface area (Å²) in [5, 5.41) is 22.8. The third-order valence-corrected chi connectivity index (χ3v) is 5.74. The van der Waals surface area contributed by atoms with Gasteiger partial charge in [0.05, 0.1) is 36.6 Å². The van der Waals surface area contributed by atoms with E-state index in [1.165, 1.54) is 42.4 Å². The Morgan fingerprint density at radius 3 is 2.74 bits per heavy atom. The van der Waals surface area contributed by atoms with E-state index in [2.05, 4.69) is 25.8 Å². The molecule has 4 rings (SSSR count). The van der Waals surface area contributed by atoms with E-state index in [0.717, 1.165) is 0 Å². The highest BCUT2D eigenvalue weighted by atomic mass is 127. The van der Waals surface area contributed by atoms with Crippen LogP contribution in [0, 0.1) is 22.1 Å². The van der Waals surface area contributed by atoms with Crippen LogP contribution >= 0.6 is 22.6 Å². The normalized spacial score (nSPS) is 14.8. The Morgan fingerprint density at radius 1 is 1.29 bits per heavy atom. The van der Waals surface area contributed by atoms with Gasteiger partial charge < -0.3 is 20.6 Å². The molecule has 1 aliphatic rings. The number of H-pyrrole nitrogens is 1. The maximum atomic E-state index is 14.3. The summed E-state index contributed by atoms with van der Waals surface area (Å²) in [7, 11) is 0. The molecule has 0 radical (unpaired) electrons. The number of aromatic amines is 1. The third-order valence-electron chi connectivity index (χ3n) is 5.07. The maximum absolute atomic E-state index is 14.3. The highest BCUT2D eigenvalue weighted by molar-refractivity contribution is 14.1. The van der Waals surface area contributed by atoms with Gasteiger partial charge in [0, 0.05) is 9.13 Å². The van der Waals surface area contributed by atoms with Gasteiger partial charge >= 0.3 is 0 Å². The summed E-state index contributed by atoms with van der Waals surface area (Å²) in [6.07, 6.45) is 1.41. The van der Waals surface area contributed by atoms with Crippen LogP contribution in [0.4, 0.5) is 26.1 Å². The molecule has 4 N–H and O–H groups in total. The average molecular weight is 540 g/mol. The number of aromatic nitrogens is 3. The van der Waals surface area contributed by atoms with E-state index in [1.807, 2.05) is 22.6 Å². The summed E-state index contributed by atoms with van der Waals surface area (Å²) in [6, 6.07) is 7.15. The average Bonchev–Trinajstić information content (AvgIpc) is 3.23. The Morgan fingerprint density at radius 2 is 2.06 bits per heavy atom. The predicted molar refractivity (Wildman–Crippen MR) is 119 cm³/mol. The number of aliphatic hydroxyl groups is 1. The molecule has 1 fully saturated rings. The molecule has 31 heavy (non-hydrogen) atoms. The smallest absolute Gasteiger partial charge is 0.256 e. The highest BCUT2D eigenvalue weighted by Gasteiger charge is 2.44. The molecular formula is C20H19F2IN6O2. The van der Waals surface area contributed by atoms with E-state index in [9.17, 15) is 18.7 Å². The first-order valence-corrected chi connectivity index (χ1v) is 10.5. The highest BCUT2D eigenvalue weighted by Crippen LogP contribution is 2.32. The minimum Gasteiger partial charge on any atom is -0.384 e. The molecule has 1 aromatic heterocycles. The molecule has 0 aliphatic carbocycles. The second kappa shape index (κ2) is 8.38. The van der Waals surface area contributed by atoms with Crippen LogP contribution in [-0.4, -0.2) is 56.3 Å². The van der Waals surface area contributed by atoms with E-state index in [4.69, 9.17) is 0 Å². The van der Waals surface area contributed by atoms with Crippen LogP contribution in [0.15, 0.2) is 36.7 Å². The van der Waals surface area contributed by atoms with Crippen LogP contribution < -0.4 is 10.6 Å². The summed E-state index contributed by atoms with van der Waals surface area (Å²) in [4.78, 5) is 18.4. The number of β-amino-alcohol motifs (C(OH)–C–C–N with tert-alkyl or cyclic N) is 1. The van der Waals surface area contributed by atoms with Crippen molar-refractivity contribution in [3.8, 4) is 0 Å². The molecule has 1 aliphatic heterocycles. The lowest BCUT2D eigenvalue weighted by atomic mass is 9.92. The zero-order valence-corrected chi connectivity index (χ0v) is 18.6. The second-order valence-corrected chi connectivity index (χ2v) is 8.65. The van der Waals surface area contributed by atoms with Gasteiger partial charge in [0.15, 0.2) is 0 Å². The van der Waals surface area contributed by atoms with Crippen molar-refractivity contribution in [1.29, 1.82) is 0 Å². The van der Waals surface area contributed by atoms with Crippen LogP contribution in [0.1, 0.15) is 15.9 Å². The Bertz CT molecular complexity index is 1120. The van der Waals surface area contributed by atoms with Gasteiger partial charge in [0.1, 0.15) is 23.6 Å². The lowest BCUT2D eigenvalue weighted by Gasteiger charge is -2.46. The number of hydrogen-bond donors (Lipinski definition) is 4. The molecule has 0 atom stereocenters. The SMILES string of the molecule is Cc1c(F)ccc(C(=O)N2CC(O)(CNc3nc[nH]n3)C2)c1Nc1ccc(I)cc1F. The molecule has 8 nitrogen and oxygen atoms in total. The number of hydrogen-bond acceptors (Lipinski definition) is 6. The standard InChI is InChI=1S/C20H19F2IN6O2/c1-11-14(21)4-3-13(17(11)27-16-5-2-12(23)6-15(16)22)18(30)29-8-20(31,9-29)7-24-19-25-10-26-28-19/h2-6,10,27,31H,7-9H2,1H3,(H2,24,25,26,28). The van der Waals surface area contributed by atoms with Gasteiger partial charge in [-0.15, -0.1) is 5.10 Å². The number of benzene rings is 2. The van der Waals surface area contributed by atoms with Gasteiger partial charge in [-0.25, -0.2) is 13.8 Å². The first kappa shape index (κ1) is 21.4. The first-order chi connectivity index (χ1) is 14.8. The fraction of sp³-hybridized carbons (Fsp3) is 0.250. The zero-order valence-electron chi connectivity index (χ0n) is 16.4. The number of rotatable bonds is 6. The summed E-state index contributed by atoms with van der Waals surface area (Å²) in [5.74, 6) is -1.07. The number of likely N-dealkylation sites (tertiary alicyclic amines) is 1. The third kappa shape index (κ3) is 4.46. The Balaban J connectivity index is 1.51. The van der Waals surface area contributed by atoms with Crippen molar-refractivity contribution < 1.29 is 18.7 Å². The number of halogens is 3. The van der Waals surface area contributed by atoms with Gasteiger partial charge in [-0.05, 0) is 59.8 Å². The second-order valence-electron chi connectivity index (χ2n) is 7.41. The fourth-order valence-corrected chi connectivity index (χ4v) is 3.83. The van der Waals surface area contributed by atoms with Crippen molar-refractivity contribution in [2.75, 3.05) is 30.3 Å².